The number of ether oxygens (including phenoxy) is 2. The number of hydrogen-bond acceptors (Lipinski definition) is 4. The fourth-order valence-electron chi connectivity index (χ4n) is 3.55. The lowest BCUT2D eigenvalue weighted by Crippen LogP contribution is -2.30. The third-order valence-electron chi connectivity index (χ3n) is 5.21. The molecule has 8 heteroatoms. The predicted molar refractivity (Wildman–Crippen MR) is 134 cm³/mol. The van der Waals surface area contributed by atoms with Crippen molar-refractivity contribution in [2.24, 2.45) is 0 Å². The molecule has 1 aromatic heterocycles. The second kappa shape index (κ2) is 11.7. The van der Waals surface area contributed by atoms with Crippen LogP contribution in [0.5, 0.6) is 11.5 Å². The summed E-state index contributed by atoms with van der Waals surface area (Å²) in [6, 6.07) is 12.7. The minimum Gasteiger partial charge on any atom is -0.490 e. The van der Waals surface area contributed by atoms with Crippen LogP contribution in [0.1, 0.15) is 36.4 Å². The Morgan fingerprint density at radius 1 is 1.06 bits per heavy atom. The van der Waals surface area contributed by atoms with Crippen molar-refractivity contribution in [1.82, 2.24) is 15.1 Å². The van der Waals surface area contributed by atoms with Crippen molar-refractivity contribution >= 4 is 23.0 Å². The summed E-state index contributed by atoms with van der Waals surface area (Å²) in [6.45, 7) is 9.96. The summed E-state index contributed by atoms with van der Waals surface area (Å²) in [7, 11) is 0. The van der Waals surface area contributed by atoms with E-state index in [0.717, 1.165) is 40.6 Å². The standard InChI is InChI=1S/C25H31FN4O2S/c1-5-31-22-12-11-19(15-23(22)32-6-2)13-14-27-25(33)28-24-17(3)29-30(18(24)4)16-20-9-7-8-10-21(20)26/h7-12,15H,5-6,13-14,16H2,1-4H3,(H2,27,28,33). The van der Waals surface area contributed by atoms with Crippen molar-refractivity contribution in [3.63, 3.8) is 0 Å². The van der Waals surface area contributed by atoms with Crippen molar-refractivity contribution in [1.29, 1.82) is 0 Å². The molecule has 0 bridgehead atoms. The van der Waals surface area contributed by atoms with E-state index < -0.39 is 0 Å². The van der Waals surface area contributed by atoms with Crippen LogP contribution < -0.4 is 20.1 Å². The molecule has 0 aliphatic carbocycles. The molecule has 0 aliphatic rings. The lowest BCUT2D eigenvalue weighted by Gasteiger charge is -2.14. The zero-order valence-corrected chi connectivity index (χ0v) is 20.4. The van der Waals surface area contributed by atoms with E-state index in [-0.39, 0.29) is 5.82 Å². The fourth-order valence-corrected chi connectivity index (χ4v) is 3.75. The SMILES string of the molecule is CCOc1ccc(CCNC(=S)Nc2c(C)nn(Cc3ccccc3F)c2C)cc1OCC. The maximum Gasteiger partial charge on any atom is 0.170 e. The minimum absolute atomic E-state index is 0.237. The summed E-state index contributed by atoms with van der Waals surface area (Å²) in [5.41, 5.74) is 4.26. The average Bonchev–Trinajstić information content (AvgIpc) is 3.04. The molecule has 2 N–H and O–H groups in total. The van der Waals surface area contributed by atoms with Crippen LogP contribution in [0.3, 0.4) is 0 Å². The van der Waals surface area contributed by atoms with E-state index >= 15 is 0 Å². The van der Waals surface area contributed by atoms with Gasteiger partial charge in [-0.3, -0.25) is 4.68 Å². The molecule has 0 aliphatic heterocycles. The first-order valence-corrected chi connectivity index (χ1v) is 11.5. The molecular formula is C25H31FN4O2S. The third kappa shape index (κ3) is 6.44. The highest BCUT2D eigenvalue weighted by molar-refractivity contribution is 7.80. The Hall–Kier alpha value is -3.13. The van der Waals surface area contributed by atoms with Gasteiger partial charge in [0.05, 0.1) is 36.8 Å². The summed E-state index contributed by atoms with van der Waals surface area (Å²) in [5, 5.41) is 11.6. The van der Waals surface area contributed by atoms with Gasteiger partial charge in [0.1, 0.15) is 5.82 Å². The van der Waals surface area contributed by atoms with Crippen molar-refractivity contribution < 1.29 is 13.9 Å². The number of nitrogens with zero attached hydrogens (tertiary/aromatic N) is 2. The van der Waals surface area contributed by atoms with Gasteiger partial charge in [-0.25, -0.2) is 4.39 Å². The molecule has 0 unspecified atom stereocenters. The average molecular weight is 471 g/mol. The lowest BCUT2D eigenvalue weighted by molar-refractivity contribution is 0.287. The van der Waals surface area contributed by atoms with Crippen LogP contribution in [0.25, 0.3) is 0 Å². The summed E-state index contributed by atoms with van der Waals surface area (Å²) < 4.78 is 27.1. The van der Waals surface area contributed by atoms with E-state index in [1.807, 2.05) is 52.0 Å². The zero-order chi connectivity index (χ0) is 23.8. The largest absolute Gasteiger partial charge is 0.490 e. The van der Waals surface area contributed by atoms with Gasteiger partial charge in [-0.05, 0) is 70.1 Å². The summed E-state index contributed by atoms with van der Waals surface area (Å²) in [4.78, 5) is 0. The van der Waals surface area contributed by atoms with Crippen molar-refractivity contribution in [2.75, 3.05) is 25.1 Å². The number of aryl methyl sites for hydroxylation is 1. The third-order valence-corrected chi connectivity index (χ3v) is 5.45. The molecule has 0 amide bonds. The highest BCUT2D eigenvalue weighted by Gasteiger charge is 2.14. The van der Waals surface area contributed by atoms with Crippen LogP contribution in [0, 0.1) is 19.7 Å². The second-order valence-electron chi connectivity index (χ2n) is 7.57. The van der Waals surface area contributed by atoms with E-state index in [1.54, 1.807) is 16.8 Å². The lowest BCUT2D eigenvalue weighted by atomic mass is 10.1. The summed E-state index contributed by atoms with van der Waals surface area (Å²) in [5.74, 6) is 1.27. The van der Waals surface area contributed by atoms with Crippen LogP contribution in [-0.2, 0) is 13.0 Å². The number of thiocarbonyl (C=S) groups is 1. The number of anilines is 1. The van der Waals surface area contributed by atoms with Gasteiger partial charge in [0.2, 0.25) is 0 Å². The number of benzene rings is 2. The summed E-state index contributed by atoms with van der Waals surface area (Å²) >= 11 is 5.49. The van der Waals surface area contributed by atoms with Crippen LogP contribution in [-0.4, -0.2) is 34.7 Å². The van der Waals surface area contributed by atoms with E-state index in [9.17, 15) is 4.39 Å². The summed E-state index contributed by atoms with van der Waals surface area (Å²) in [6.07, 6.45) is 0.777. The first kappa shape index (κ1) is 24.5. The van der Waals surface area contributed by atoms with E-state index in [4.69, 9.17) is 21.7 Å². The quantitative estimate of drug-likeness (QED) is 0.406. The van der Waals surface area contributed by atoms with Gasteiger partial charge in [-0.15, -0.1) is 0 Å². The van der Waals surface area contributed by atoms with Gasteiger partial charge in [-0.1, -0.05) is 24.3 Å². The van der Waals surface area contributed by atoms with Crippen LogP contribution in [0.4, 0.5) is 10.1 Å². The Morgan fingerprint density at radius 2 is 1.79 bits per heavy atom. The molecule has 0 atom stereocenters. The highest BCUT2D eigenvalue weighted by atomic mass is 32.1. The minimum atomic E-state index is -0.237. The molecule has 6 nitrogen and oxygen atoms in total. The molecule has 0 saturated carbocycles. The predicted octanol–water partition coefficient (Wildman–Crippen LogP) is 5.01. The molecule has 1 heterocycles. The molecule has 0 spiro atoms. The van der Waals surface area contributed by atoms with Crippen LogP contribution >= 0.6 is 12.2 Å². The van der Waals surface area contributed by atoms with Gasteiger partial charge in [0.15, 0.2) is 16.6 Å². The van der Waals surface area contributed by atoms with Gasteiger partial charge in [-0.2, -0.15) is 5.10 Å². The highest BCUT2D eigenvalue weighted by Crippen LogP contribution is 2.28. The Kier molecular flexibility index (Phi) is 8.65. The van der Waals surface area contributed by atoms with E-state index in [1.165, 1.54) is 6.07 Å². The van der Waals surface area contributed by atoms with E-state index in [2.05, 4.69) is 15.7 Å². The molecule has 33 heavy (non-hydrogen) atoms. The molecule has 176 valence electrons. The molecule has 2 aromatic carbocycles. The number of halogens is 1. The Balaban J connectivity index is 1.58. The van der Waals surface area contributed by atoms with Crippen LogP contribution in [0.2, 0.25) is 0 Å². The van der Waals surface area contributed by atoms with Crippen molar-refractivity contribution in [2.45, 2.75) is 40.7 Å². The smallest absolute Gasteiger partial charge is 0.170 e. The maximum atomic E-state index is 14.0. The Bertz CT molecular complexity index is 1100. The van der Waals surface area contributed by atoms with Crippen molar-refractivity contribution in [3.8, 4) is 11.5 Å². The van der Waals surface area contributed by atoms with Gasteiger partial charge < -0.3 is 20.1 Å². The number of aromatic nitrogens is 2. The molecule has 0 saturated heterocycles. The normalized spacial score (nSPS) is 10.7. The zero-order valence-electron chi connectivity index (χ0n) is 19.6. The topological polar surface area (TPSA) is 60.3 Å². The Morgan fingerprint density at radius 3 is 2.52 bits per heavy atom. The molecule has 0 radical (unpaired) electrons. The van der Waals surface area contributed by atoms with Gasteiger partial charge in [0.25, 0.3) is 0 Å². The molecule has 3 aromatic rings. The van der Waals surface area contributed by atoms with Crippen molar-refractivity contribution in [3.05, 3.63) is 70.8 Å². The molecular weight excluding hydrogens is 439 g/mol. The van der Waals surface area contributed by atoms with Crippen LogP contribution in [0.15, 0.2) is 42.5 Å². The maximum absolute atomic E-state index is 14.0. The number of rotatable bonds is 10. The number of nitrogens with one attached hydrogen (secondary N) is 2. The first-order chi connectivity index (χ1) is 15.9. The second-order valence-corrected chi connectivity index (χ2v) is 7.98. The Labute approximate surface area is 200 Å². The van der Waals surface area contributed by atoms with Gasteiger partial charge >= 0.3 is 0 Å². The molecule has 0 fully saturated rings. The number of hydrogen-bond donors (Lipinski definition) is 2. The van der Waals surface area contributed by atoms with E-state index in [0.29, 0.717) is 37.0 Å². The fraction of sp³-hybridized carbons (Fsp3) is 0.360. The first-order valence-electron chi connectivity index (χ1n) is 11.1. The molecule has 3 rings (SSSR count). The van der Waals surface area contributed by atoms with Gasteiger partial charge in [0, 0.05) is 12.1 Å². The monoisotopic (exact) mass is 470 g/mol.